The SMILES string of the molecule is c1ccc(-c2ccccc2)cc1.c1ccc(Cc2ccccc2)cc1.c1ccccc1. The van der Waals surface area contributed by atoms with Crippen molar-refractivity contribution in [2.45, 2.75) is 6.42 Å². The van der Waals surface area contributed by atoms with E-state index in [0.29, 0.717) is 0 Å². The summed E-state index contributed by atoms with van der Waals surface area (Å²) in [5.41, 5.74) is 5.29. The van der Waals surface area contributed by atoms with Crippen molar-refractivity contribution >= 4 is 0 Å². The van der Waals surface area contributed by atoms with Gasteiger partial charge in [0, 0.05) is 0 Å². The predicted molar refractivity (Wildman–Crippen MR) is 134 cm³/mol. The number of hydrogen-bond donors (Lipinski definition) is 0. The Labute approximate surface area is 186 Å². The molecular weight excluding hydrogens is 372 g/mol. The van der Waals surface area contributed by atoms with Gasteiger partial charge in [-0.3, -0.25) is 0 Å². The zero-order valence-corrected chi connectivity index (χ0v) is 17.7. The molecule has 0 heteroatoms. The van der Waals surface area contributed by atoms with E-state index < -0.39 is 0 Å². The van der Waals surface area contributed by atoms with Crippen molar-refractivity contribution in [3.63, 3.8) is 0 Å². The molecule has 0 fully saturated rings. The van der Waals surface area contributed by atoms with Crippen LogP contribution in [0, 0.1) is 0 Å². The molecule has 0 N–H and O–H groups in total. The molecule has 0 aliphatic rings. The van der Waals surface area contributed by atoms with Gasteiger partial charge in [-0.2, -0.15) is 0 Å². The Bertz CT molecular complexity index is 954. The van der Waals surface area contributed by atoms with Crippen LogP contribution in [-0.4, -0.2) is 0 Å². The average molecular weight is 401 g/mol. The van der Waals surface area contributed by atoms with Gasteiger partial charge in [0.1, 0.15) is 0 Å². The van der Waals surface area contributed by atoms with Crippen LogP contribution in [0.2, 0.25) is 0 Å². The molecule has 0 aliphatic heterocycles. The third-order valence-electron chi connectivity index (χ3n) is 4.64. The highest BCUT2D eigenvalue weighted by Crippen LogP contribution is 2.17. The van der Waals surface area contributed by atoms with Gasteiger partial charge in [0.05, 0.1) is 0 Å². The average Bonchev–Trinajstić information content (AvgIpc) is 2.88. The summed E-state index contributed by atoms with van der Waals surface area (Å²) in [6, 6.07) is 53.8. The molecule has 0 nitrogen and oxygen atoms in total. The largest absolute Gasteiger partial charge is 0.0623 e. The molecule has 0 atom stereocenters. The van der Waals surface area contributed by atoms with Crippen molar-refractivity contribution in [1.82, 2.24) is 0 Å². The minimum atomic E-state index is 1.03. The molecule has 0 spiro atoms. The van der Waals surface area contributed by atoms with Crippen LogP contribution in [-0.2, 0) is 6.42 Å². The van der Waals surface area contributed by atoms with Gasteiger partial charge in [-0.15, -0.1) is 0 Å². The standard InChI is InChI=1S/C13H12.C12H10.C6H6/c1-3-7-12(8-4-1)11-13-9-5-2-6-10-13;1-3-7-11(8-4-1)12-9-5-2-6-10-12;1-2-4-6-5-3-1/h1-10H,11H2;1-10H;1-6H. The van der Waals surface area contributed by atoms with Gasteiger partial charge in [-0.1, -0.05) is 158 Å². The maximum absolute atomic E-state index is 2.16. The van der Waals surface area contributed by atoms with Crippen LogP contribution in [0.5, 0.6) is 0 Å². The van der Waals surface area contributed by atoms with E-state index >= 15 is 0 Å². The lowest BCUT2D eigenvalue weighted by Crippen LogP contribution is -1.85. The van der Waals surface area contributed by atoms with Crippen molar-refractivity contribution in [3.8, 4) is 11.1 Å². The lowest BCUT2D eigenvalue weighted by Gasteiger charge is -2.00. The number of rotatable bonds is 3. The smallest absolute Gasteiger partial charge is 0.00258 e. The molecule has 0 bridgehead atoms. The Hall–Kier alpha value is -3.90. The van der Waals surface area contributed by atoms with Crippen molar-refractivity contribution < 1.29 is 0 Å². The molecule has 0 amide bonds. The second-order valence-electron chi connectivity index (χ2n) is 7.03. The van der Waals surface area contributed by atoms with Crippen LogP contribution in [0.1, 0.15) is 11.1 Å². The topological polar surface area (TPSA) is 0 Å². The third-order valence-corrected chi connectivity index (χ3v) is 4.64. The molecule has 0 radical (unpaired) electrons. The fourth-order valence-electron chi connectivity index (χ4n) is 3.07. The van der Waals surface area contributed by atoms with Crippen LogP contribution in [0.15, 0.2) is 158 Å². The molecule has 5 rings (SSSR count). The Morgan fingerprint density at radius 3 is 0.774 bits per heavy atom. The summed E-state index contributed by atoms with van der Waals surface area (Å²) in [4.78, 5) is 0. The van der Waals surface area contributed by atoms with E-state index in [0.717, 1.165) is 6.42 Å². The van der Waals surface area contributed by atoms with Crippen LogP contribution in [0.4, 0.5) is 0 Å². The quantitative estimate of drug-likeness (QED) is 0.285. The van der Waals surface area contributed by atoms with Crippen LogP contribution in [0.25, 0.3) is 11.1 Å². The minimum absolute atomic E-state index is 1.03. The molecule has 152 valence electrons. The first-order chi connectivity index (χ1) is 15.4. The molecule has 0 aromatic heterocycles. The summed E-state index contributed by atoms with van der Waals surface area (Å²) in [5, 5.41) is 0. The maximum Gasteiger partial charge on any atom is -0.00258 e. The summed E-state index contributed by atoms with van der Waals surface area (Å²) >= 11 is 0. The molecule has 5 aromatic rings. The van der Waals surface area contributed by atoms with Crippen molar-refractivity contribution in [3.05, 3.63) is 169 Å². The molecule has 5 aromatic carbocycles. The van der Waals surface area contributed by atoms with Gasteiger partial charge in [0.2, 0.25) is 0 Å². The Balaban J connectivity index is 0.000000140. The monoisotopic (exact) mass is 400 g/mol. The Morgan fingerprint density at radius 2 is 0.484 bits per heavy atom. The lowest BCUT2D eigenvalue weighted by atomic mass is 10.1. The van der Waals surface area contributed by atoms with Crippen LogP contribution >= 0.6 is 0 Å². The van der Waals surface area contributed by atoms with Crippen molar-refractivity contribution in [2.75, 3.05) is 0 Å². The normalized spacial score (nSPS) is 9.42. The zero-order chi connectivity index (χ0) is 21.4. The molecular formula is C31H28. The number of benzene rings is 5. The van der Waals surface area contributed by atoms with Crippen molar-refractivity contribution in [1.29, 1.82) is 0 Å². The second-order valence-corrected chi connectivity index (χ2v) is 7.03. The Kier molecular flexibility index (Phi) is 9.39. The minimum Gasteiger partial charge on any atom is -0.0623 e. The highest BCUT2D eigenvalue weighted by molar-refractivity contribution is 5.62. The van der Waals surface area contributed by atoms with Gasteiger partial charge >= 0.3 is 0 Å². The fourth-order valence-corrected chi connectivity index (χ4v) is 3.07. The summed E-state index contributed by atoms with van der Waals surface area (Å²) in [5.74, 6) is 0. The highest BCUT2D eigenvalue weighted by Gasteiger charge is 1.93. The summed E-state index contributed by atoms with van der Waals surface area (Å²) in [7, 11) is 0. The molecule has 0 unspecified atom stereocenters. The van der Waals surface area contributed by atoms with E-state index in [1.54, 1.807) is 0 Å². The predicted octanol–water partition coefficient (Wildman–Crippen LogP) is 8.32. The van der Waals surface area contributed by atoms with E-state index in [1.807, 2.05) is 48.5 Å². The van der Waals surface area contributed by atoms with E-state index in [4.69, 9.17) is 0 Å². The maximum atomic E-state index is 2.16. The summed E-state index contributed by atoms with van der Waals surface area (Å²) < 4.78 is 0. The molecule has 0 aliphatic carbocycles. The second kappa shape index (κ2) is 13.3. The molecule has 31 heavy (non-hydrogen) atoms. The van der Waals surface area contributed by atoms with E-state index in [1.165, 1.54) is 22.3 Å². The third kappa shape index (κ3) is 8.55. The first-order valence-corrected chi connectivity index (χ1v) is 10.6. The summed E-state index contributed by atoms with van der Waals surface area (Å²) in [6.45, 7) is 0. The highest BCUT2D eigenvalue weighted by atomic mass is 14.0. The first kappa shape index (κ1) is 21.8. The van der Waals surface area contributed by atoms with Crippen molar-refractivity contribution in [2.24, 2.45) is 0 Å². The first-order valence-electron chi connectivity index (χ1n) is 10.6. The molecule has 0 heterocycles. The zero-order valence-electron chi connectivity index (χ0n) is 17.7. The van der Waals surface area contributed by atoms with E-state index in [2.05, 4.69) is 109 Å². The van der Waals surface area contributed by atoms with Gasteiger partial charge in [-0.05, 0) is 28.7 Å². The van der Waals surface area contributed by atoms with Gasteiger partial charge in [-0.25, -0.2) is 0 Å². The van der Waals surface area contributed by atoms with Gasteiger partial charge < -0.3 is 0 Å². The van der Waals surface area contributed by atoms with Crippen LogP contribution < -0.4 is 0 Å². The van der Waals surface area contributed by atoms with Gasteiger partial charge in [0.25, 0.3) is 0 Å². The van der Waals surface area contributed by atoms with Gasteiger partial charge in [0.15, 0.2) is 0 Å². The lowest BCUT2D eigenvalue weighted by molar-refractivity contribution is 1.19. The fraction of sp³-hybridized carbons (Fsp3) is 0.0323. The summed E-state index contributed by atoms with van der Waals surface area (Å²) in [6.07, 6.45) is 1.03. The number of hydrogen-bond acceptors (Lipinski definition) is 0. The van der Waals surface area contributed by atoms with E-state index in [-0.39, 0.29) is 0 Å². The van der Waals surface area contributed by atoms with E-state index in [9.17, 15) is 0 Å². The van der Waals surface area contributed by atoms with Crippen LogP contribution in [0.3, 0.4) is 0 Å². The molecule has 0 saturated heterocycles. The Morgan fingerprint density at radius 1 is 0.258 bits per heavy atom. The molecule has 0 saturated carbocycles.